The monoisotopic (exact) mass is 421 g/mol. The molecule has 3 heterocycles. The van der Waals surface area contributed by atoms with Gasteiger partial charge in [-0.3, -0.25) is 4.79 Å². The molecule has 1 aromatic heterocycles. The Bertz CT molecular complexity index is 964. The molecule has 2 aromatic rings. The number of amides is 1. The normalized spacial score (nSPS) is 21.6. The Hall–Kier alpha value is -2.88. The molecule has 2 aliphatic heterocycles. The van der Waals surface area contributed by atoms with Gasteiger partial charge >= 0.3 is 0 Å². The molecule has 10 heteroatoms. The number of alkyl halides is 2. The number of rotatable bonds is 5. The Balaban J connectivity index is 1.73. The number of fused-ring (bicyclic) bond motifs is 3. The average Bonchev–Trinajstić information content (AvgIpc) is 3.20. The average molecular weight is 421 g/mol. The Kier molecular flexibility index (Phi) is 5.27. The molecule has 3 atom stereocenters. The lowest BCUT2D eigenvalue weighted by Crippen LogP contribution is -2.40. The maximum absolute atomic E-state index is 13.5. The number of primary amides is 1. The van der Waals surface area contributed by atoms with Crippen LogP contribution in [0, 0.1) is 6.92 Å². The van der Waals surface area contributed by atoms with Crippen LogP contribution in [-0.4, -0.2) is 53.4 Å². The van der Waals surface area contributed by atoms with E-state index in [1.165, 1.54) is 4.90 Å². The zero-order valence-electron chi connectivity index (χ0n) is 17.1. The number of hydrogen-bond donors (Lipinski definition) is 2. The van der Waals surface area contributed by atoms with Gasteiger partial charge in [-0.05, 0) is 32.4 Å². The third kappa shape index (κ3) is 3.55. The summed E-state index contributed by atoms with van der Waals surface area (Å²) in [5, 5.41) is 3.06. The molecule has 0 spiro atoms. The number of ether oxygens (including phenoxy) is 2. The zero-order chi connectivity index (χ0) is 21.6. The summed E-state index contributed by atoms with van der Waals surface area (Å²) in [7, 11) is 0. The lowest BCUT2D eigenvalue weighted by atomic mass is 10.1. The van der Waals surface area contributed by atoms with Crippen LogP contribution in [-0.2, 0) is 16.1 Å². The second-order valence-corrected chi connectivity index (χ2v) is 7.64. The van der Waals surface area contributed by atoms with Gasteiger partial charge in [0.2, 0.25) is 5.91 Å². The number of aryl methyl sites for hydroxylation is 1. The standard InChI is InChI=1S/C20H25F2N5O3/c1-10-6-13(24-11(2)19(23)28)7-15-17(10)20-25-16(8-26(20)4-5-29-15)27-12(3)30-9-14(27)18(21)22/h6-8,11-12,14,18,24H,4-5,9H2,1-3H3,(H2,23,28)/t11-,12?,14?/m0/s1. The summed E-state index contributed by atoms with van der Waals surface area (Å²) in [6.45, 7) is 6.23. The minimum atomic E-state index is -2.53. The topological polar surface area (TPSA) is 94.6 Å². The van der Waals surface area contributed by atoms with Gasteiger partial charge in [-0.2, -0.15) is 0 Å². The molecule has 162 valence electrons. The lowest BCUT2D eigenvalue weighted by molar-refractivity contribution is -0.118. The molecule has 4 rings (SSSR count). The number of hydrogen-bond acceptors (Lipinski definition) is 6. The third-order valence-corrected chi connectivity index (χ3v) is 5.50. The summed E-state index contributed by atoms with van der Waals surface area (Å²) in [6, 6.07) is 2.12. The molecule has 0 saturated carbocycles. The van der Waals surface area contributed by atoms with E-state index in [1.807, 2.05) is 17.6 Å². The van der Waals surface area contributed by atoms with Crippen molar-refractivity contribution in [2.24, 2.45) is 5.73 Å². The van der Waals surface area contributed by atoms with E-state index in [4.69, 9.17) is 20.2 Å². The number of halogens is 2. The van der Waals surface area contributed by atoms with Crippen molar-refractivity contribution < 1.29 is 23.0 Å². The van der Waals surface area contributed by atoms with Crippen molar-refractivity contribution >= 4 is 17.4 Å². The number of anilines is 2. The molecule has 30 heavy (non-hydrogen) atoms. The zero-order valence-corrected chi connectivity index (χ0v) is 17.1. The Morgan fingerprint density at radius 3 is 2.87 bits per heavy atom. The number of nitrogens with two attached hydrogens (primary N) is 1. The summed E-state index contributed by atoms with van der Waals surface area (Å²) in [4.78, 5) is 17.6. The molecule has 0 aliphatic carbocycles. The first-order valence-corrected chi connectivity index (χ1v) is 9.85. The van der Waals surface area contributed by atoms with E-state index in [9.17, 15) is 13.6 Å². The van der Waals surface area contributed by atoms with Crippen LogP contribution in [0.1, 0.15) is 19.4 Å². The summed E-state index contributed by atoms with van der Waals surface area (Å²) < 4.78 is 40.3. The smallest absolute Gasteiger partial charge is 0.260 e. The summed E-state index contributed by atoms with van der Waals surface area (Å²) in [6.07, 6.45) is -1.24. The van der Waals surface area contributed by atoms with Gasteiger partial charge in [0, 0.05) is 18.0 Å². The number of imidazole rings is 1. The molecule has 3 N–H and O–H groups in total. The first kappa shape index (κ1) is 20.4. The second-order valence-electron chi connectivity index (χ2n) is 7.64. The minimum absolute atomic E-state index is 0.0349. The number of carbonyl (C=O) groups excluding carboxylic acids is 1. The van der Waals surface area contributed by atoms with Crippen molar-refractivity contribution in [3.05, 3.63) is 23.9 Å². The molecule has 0 bridgehead atoms. The van der Waals surface area contributed by atoms with E-state index in [0.29, 0.717) is 36.2 Å². The summed E-state index contributed by atoms with van der Waals surface area (Å²) in [5.74, 6) is 1.26. The maximum atomic E-state index is 13.5. The Labute approximate surface area is 172 Å². The van der Waals surface area contributed by atoms with Crippen LogP contribution in [0.15, 0.2) is 18.3 Å². The first-order chi connectivity index (χ1) is 14.3. The van der Waals surface area contributed by atoms with Gasteiger partial charge in [0.1, 0.15) is 42.3 Å². The molecule has 1 aromatic carbocycles. The molecule has 2 unspecified atom stereocenters. The van der Waals surface area contributed by atoms with E-state index in [-0.39, 0.29) is 6.61 Å². The highest BCUT2D eigenvalue weighted by atomic mass is 19.3. The van der Waals surface area contributed by atoms with Crippen molar-refractivity contribution in [1.82, 2.24) is 9.55 Å². The SMILES string of the molecule is Cc1cc(N[C@@H](C)C(N)=O)cc2c1-c1nc(N3C(C)OCC3C(F)F)cn1CCO2. The lowest BCUT2D eigenvalue weighted by Gasteiger charge is -2.25. The highest BCUT2D eigenvalue weighted by Gasteiger charge is 2.39. The predicted molar refractivity (Wildman–Crippen MR) is 108 cm³/mol. The maximum Gasteiger partial charge on any atom is 0.260 e. The van der Waals surface area contributed by atoms with Crippen LogP contribution in [0.25, 0.3) is 11.4 Å². The quantitative estimate of drug-likeness (QED) is 0.770. The highest BCUT2D eigenvalue weighted by molar-refractivity contribution is 5.83. The van der Waals surface area contributed by atoms with E-state index in [0.717, 1.165) is 11.1 Å². The van der Waals surface area contributed by atoms with Crippen LogP contribution in [0.5, 0.6) is 5.75 Å². The molecule has 1 saturated heterocycles. The molecule has 1 fully saturated rings. The van der Waals surface area contributed by atoms with Crippen LogP contribution in [0.2, 0.25) is 0 Å². The predicted octanol–water partition coefficient (Wildman–Crippen LogP) is 2.35. The van der Waals surface area contributed by atoms with E-state index >= 15 is 0 Å². The molecule has 2 aliphatic rings. The Morgan fingerprint density at radius 2 is 2.17 bits per heavy atom. The fourth-order valence-electron chi connectivity index (χ4n) is 3.93. The summed E-state index contributed by atoms with van der Waals surface area (Å²) in [5.41, 5.74) is 7.71. The van der Waals surface area contributed by atoms with Crippen molar-refractivity contribution in [2.75, 3.05) is 23.4 Å². The first-order valence-electron chi connectivity index (χ1n) is 9.85. The van der Waals surface area contributed by atoms with Crippen LogP contribution < -0.4 is 20.7 Å². The van der Waals surface area contributed by atoms with Gasteiger partial charge < -0.3 is 30.0 Å². The second kappa shape index (κ2) is 7.75. The fourth-order valence-corrected chi connectivity index (χ4v) is 3.93. The minimum Gasteiger partial charge on any atom is -0.491 e. The van der Waals surface area contributed by atoms with Crippen molar-refractivity contribution in [3.63, 3.8) is 0 Å². The van der Waals surface area contributed by atoms with Gasteiger partial charge in [0.25, 0.3) is 6.43 Å². The van der Waals surface area contributed by atoms with Gasteiger partial charge in [-0.1, -0.05) is 0 Å². The molecule has 8 nitrogen and oxygen atoms in total. The highest BCUT2D eigenvalue weighted by Crippen LogP contribution is 2.39. The number of carbonyl (C=O) groups is 1. The summed E-state index contributed by atoms with van der Waals surface area (Å²) >= 11 is 0. The Morgan fingerprint density at radius 1 is 1.40 bits per heavy atom. The molecular weight excluding hydrogens is 396 g/mol. The number of benzene rings is 1. The van der Waals surface area contributed by atoms with Gasteiger partial charge in [0.15, 0.2) is 0 Å². The van der Waals surface area contributed by atoms with E-state index in [2.05, 4.69) is 5.32 Å². The van der Waals surface area contributed by atoms with Crippen LogP contribution in [0.3, 0.4) is 0 Å². The van der Waals surface area contributed by atoms with Crippen molar-refractivity contribution in [3.8, 4) is 17.1 Å². The van der Waals surface area contributed by atoms with E-state index in [1.54, 1.807) is 26.1 Å². The molecular formula is C20H25F2N5O3. The van der Waals surface area contributed by atoms with Crippen LogP contribution in [0.4, 0.5) is 20.3 Å². The van der Waals surface area contributed by atoms with Crippen molar-refractivity contribution in [2.45, 2.75) is 52.1 Å². The number of nitrogens with one attached hydrogen (secondary N) is 1. The third-order valence-electron chi connectivity index (χ3n) is 5.50. The fraction of sp³-hybridized carbons (Fsp3) is 0.500. The van der Waals surface area contributed by atoms with Crippen molar-refractivity contribution in [1.29, 1.82) is 0 Å². The van der Waals surface area contributed by atoms with Gasteiger partial charge in [0.05, 0.1) is 18.7 Å². The number of nitrogens with zero attached hydrogens (tertiary/aromatic N) is 3. The molecule has 0 radical (unpaired) electrons. The largest absolute Gasteiger partial charge is 0.491 e. The van der Waals surface area contributed by atoms with Gasteiger partial charge in [-0.15, -0.1) is 0 Å². The van der Waals surface area contributed by atoms with Crippen LogP contribution >= 0.6 is 0 Å². The molecule has 1 amide bonds. The number of aromatic nitrogens is 2. The van der Waals surface area contributed by atoms with Gasteiger partial charge in [-0.25, -0.2) is 13.8 Å². The van der Waals surface area contributed by atoms with E-state index < -0.39 is 30.6 Å².